The Morgan fingerprint density at radius 1 is 1.07 bits per heavy atom. The molecule has 0 bridgehead atoms. The number of fused-ring (bicyclic) bond motifs is 1. The van der Waals surface area contributed by atoms with Crippen molar-refractivity contribution in [3.63, 3.8) is 0 Å². The van der Waals surface area contributed by atoms with Gasteiger partial charge in [-0.3, -0.25) is 9.36 Å². The van der Waals surface area contributed by atoms with Gasteiger partial charge in [-0.1, -0.05) is 18.2 Å². The summed E-state index contributed by atoms with van der Waals surface area (Å²) < 4.78 is 1.64. The smallest absolute Gasteiger partial charge is 0.356 e. The highest BCUT2D eigenvalue weighted by atomic mass is 16.4. The van der Waals surface area contributed by atoms with E-state index in [1.807, 2.05) is 0 Å². The minimum atomic E-state index is -1.24. The number of benzene rings is 1. The Morgan fingerprint density at radius 2 is 1.93 bits per heavy atom. The topological polar surface area (TPSA) is 123 Å². The molecule has 4 rings (SSSR count). The van der Waals surface area contributed by atoms with Crippen molar-refractivity contribution in [2.24, 2.45) is 0 Å². The van der Waals surface area contributed by atoms with E-state index in [0.717, 1.165) is 0 Å². The van der Waals surface area contributed by atoms with Crippen LogP contribution in [0.5, 0.6) is 0 Å². The number of aromatic carboxylic acids is 1. The summed E-state index contributed by atoms with van der Waals surface area (Å²) in [5, 5.41) is 20.5. The van der Waals surface area contributed by atoms with Gasteiger partial charge in [-0.05, 0) is 24.3 Å². The average molecular weight is 360 g/mol. The van der Waals surface area contributed by atoms with Crippen LogP contribution in [0.2, 0.25) is 0 Å². The summed E-state index contributed by atoms with van der Waals surface area (Å²) in [6.45, 7) is 0. The molecule has 0 saturated carbocycles. The highest BCUT2D eigenvalue weighted by Crippen LogP contribution is 2.21. The summed E-state index contributed by atoms with van der Waals surface area (Å²) in [7, 11) is 0. The molecule has 3 aromatic heterocycles. The molecule has 0 unspecified atom stereocenters. The maximum absolute atomic E-state index is 12.5. The number of carbonyl (C=O) groups is 2. The van der Waals surface area contributed by atoms with Crippen LogP contribution in [0.15, 0.2) is 61.2 Å². The number of nitrogens with one attached hydrogen (secondary N) is 1. The Hall–Kier alpha value is -4.14. The third-order valence-electron chi connectivity index (χ3n) is 3.83. The van der Waals surface area contributed by atoms with Crippen LogP contribution in [-0.4, -0.2) is 41.7 Å². The fourth-order valence-electron chi connectivity index (χ4n) is 2.54. The summed E-state index contributed by atoms with van der Waals surface area (Å²) in [6.07, 6.45) is 4.86. The van der Waals surface area contributed by atoms with E-state index in [9.17, 15) is 14.7 Å². The van der Waals surface area contributed by atoms with Crippen LogP contribution in [0.1, 0.15) is 21.0 Å². The van der Waals surface area contributed by atoms with E-state index in [1.165, 1.54) is 6.07 Å². The average Bonchev–Trinajstić information content (AvgIpc) is 3.22. The number of imidazole rings is 1. The van der Waals surface area contributed by atoms with Gasteiger partial charge in [0.05, 0.1) is 11.2 Å². The predicted octanol–water partition coefficient (Wildman–Crippen LogP) is 2.16. The van der Waals surface area contributed by atoms with Gasteiger partial charge in [0.25, 0.3) is 5.91 Å². The largest absolute Gasteiger partial charge is 0.476 e. The van der Waals surface area contributed by atoms with Gasteiger partial charge in [0.1, 0.15) is 6.33 Å². The summed E-state index contributed by atoms with van der Waals surface area (Å²) >= 11 is 0. The second-order valence-corrected chi connectivity index (χ2v) is 5.58. The first-order valence-electron chi connectivity index (χ1n) is 7.88. The lowest BCUT2D eigenvalue weighted by Gasteiger charge is -2.09. The number of amides is 1. The lowest BCUT2D eigenvalue weighted by Crippen LogP contribution is -2.18. The summed E-state index contributed by atoms with van der Waals surface area (Å²) in [5.74, 6) is -1.32. The third-order valence-corrected chi connectivity index (χ3v) is 3.83. The quantitative estimate of drug-likeness (QED) is 0.571. The first-order chi connectivity index (χ1) is 13.1. The van der Waals surface area contributed by atoms with Crippen LogP contribution in [0.3, 0.4) is 0 Å². The van der Waals surface area contributed by atoms with E-state index in [4.69, 9.17) is 0 Å². The molecule has 0 fully saturated rings. The molecule has 0 aliphatic rings. The minimum absolute atomic E-state index is 0.0448. The standard InChI is InChI=1S/C18H12N6O3/c25-17(13-5-6-15(23-22-13)24-8-7-19-10-24)21-14-9-11-3-1-2-4-12(11)20-16(14)18(26)27/h1-10H,(H,21,25)(H,26,27). The number of rotatable bonds is 4. The molecule has 0 spiro atoms. The minimum Gasteiger partial charge on any atom is -0.476 e. The SMILES string of the molecule is O=C(Nc1cc2ccccc2nc1C(=O)O)c1ccc(-n2ccnc2)nn1. The monoisotopic (exact) mass is 360 g/mol. The number of aromatic nitrogens is 5. The number of carbonyl (C=O) groups excluding carboxylic acids is 1. The molecular weight excluding hydrogens is 348 g/mol. The zero-order valence-corrected chi connectivity index (χ0v) is 13.8. The number of carboxylic acids is 1. The highest BCUT2D eigenvalue weighted by molar-refractivity contribution is 6.07. The van der Waals surface area contributed by atoms with E-state index in [-0.39, 0.29) is 17.1 Å². The van der Waals surface area contributed by atoms with Gasteiger partial charge in [-0.2, -0.15) is 0 Å². The molecule has 9 heteroatoms. The van der Waals surface area contributed by atoms with Crippen molar-refractivity contribution < 1.29 is 14.7 Å². The van der Waals surface area contributed by atoms with Crippen molar-refractivity contribution >= 4 is 28.5 Å². The number of para-hydroxylation sites is 1. The molecule has 0 atom stereocenters. The van der Waals surface area contributed by atoms with Gasteiger partial charge < -0.3 is 10.4 Å². The fourth-order valence-corrected chi connectivity index (χ4v) is 2.54. The van der Waals surface area contributed by atoms with Crippen molar-refractivity contribution in [3.8, 4) is 5.82 Å². The van der Waals surface area contributed by atoms with E-state index >= 15 is 0 Å². The Labute approximate surface area is 152 Å². The number of pyridine rings is 1. The molecule has 1 amide bonds. The molecule has 9 nitrogen and oxygen atoms in total. The number of hydrogen-bond acceptors (Lipinski definition) is 6. The zero-order chi connectivity index (χ0) is 18.8. The molecule has 27 heavy (non-hydrogen) atoms. The van der Waals surface area contributed by atoms with Crippen molar-refractivity contribution in [3.05, 3.63) is 72.6 Å². The van der Waals surface area contributed by atoms with E-state index in [0.29, 0.717) is 16.7 Å². The molecule has 0 saturated heterocycles. The van der Waals surface area contributed by atoms with E-state index < -0.39 is 11.9 Å². The summed E-state index contributed by atoms with van der Waals surface area (Å²) in [4.78, 5) is 32.0. The Bertz CT molecular complexity index is 1140. The van der Waals surface area contributed by atoms with Crippen LogP contribution in [0.4, 0.5) is 5.69 Å². The van der Waals surface area contributed by atoms with Gasteiger partial charge in [0, 0.05) is 17.8 Å². The fraction of sp³-hybridized carbons (Fsp3) is 0. The number of nitrogens with zero attached hydrogens (tertiary/aromatic N) is 5. The first kappa shape index (κ1) is 16.3. The van der Waals surface area contributed by atoms with Gasteiger partial charge in [-0.25, -0.2) is 14.8 Å². The summed E-state index contributed by atoms with van der Waals surface area (Å²) in [5.41, 5.74) is 0.414. The molecule has 0 aliphatic carbocycles. The van der Waals surface area contributed by atoms with E-state index in [2.05, 4.69) is 25.5 Å². The lowest BCUT2D eigenvalue weighted by molar-refractivity contribution is 0.0692. The maximum Gasteiger partial charge on any atom is 0.356 e. The van der Waals surface area contributed by atoms with Crippen LogP contribution >= 0.6 is 0 Å². The van der Waals surface area contributed by atoms with E-state index in [1.54, 1.807) is 59.7 Å². The first-order valence-corrected chi connectivity index (χ1v) is 7.88. The van der Waals surface area contributed by atoms with Crippen LogP contribution in [0.25, 0.3) is 16.7 Å². The van der Waals surface area contributed by atoms with Crippen molar-refractivity contribution in [1.29, 1.82) is 0 Å². The van der Waals surface area contributed by atoms with Crippen LogP contribution in [-0.2, 0) is 0 Å². The van der Waals surface area contributed by atoms with Gasteiger partial charge in [0.2, 0.25) is 0 Å². The third kappa shape index (κ3) is 3.21. The number of hydrogen-bond donors (Lipinski definition) is 2. The Kier molecular flexibility index (Phi) is 4.01. The number of anilines is 1. The normalized spacial score (nSPS) is 10.7. The Morgan fingerprint density at radius 3 is 2.63 bits per heavy atom. The van der Waals surface area contributed by atoms with Crippen molar-refractivity contribution in [2.75, 3.05) is 5.32 Å². The molecule has 1 aromatic carbocycles. The molecule has 0 radical (unpaired) electrons. The Balaban J connectivity index is 1.64. The van der Waals surface area contributed by atoms with Crippen molar-refractivity contribution in [2.45, 2.75) is 0 Å². The van der Waals surface area contributed by atoms with Gasteiger partial charge >= 0.3 is 5.97 Å². The van der Waals surface area contributed by atoms with Gasteiger partial charge in [0.15, 0.2) is 17.2 Å². The highest BCUT2D eigenvalue weighted by Gasteiger charge is 2.17. The zero-order valence-electron chi connectivity index (χ0n) is 13.8. The number of carboxylic acid groups (broad SMARTS) is 1. The second kappa shape index (κ2) is 6.64. The molecule has 0 aliphatic heterocycles. The molecule has 132 valence electrons. The predicted molar refractivity (Wildman–Crippen MR) is 95.8 cm³/mol. The maximum atomic E-state index is 12.5. The van der Waals surface area contributed by atoms with Gasteiger partial charge in [-0.15, -0.1) is 10.2 Å². The molecule has 3 heterocycles. The summed E-state index contributed by atoms with van der Waals surface area (Å²) in [6, 6.07) is 11.7. The molecule has 2 N–H and O–H groups in total. The lowest BCUT2D eigenvalue weighted by atomic mass is 10.1. The van der Waals surface area contributed by atoms with Crippen molar-refractivity contribution in [1.82, 2.24) is 24.7 Å². The van der Waals surface area contributed by atoms with Crippen LogP contribution in [0, 0.1) is 0 Å². The second-order valence-electron chi connectivity index (χ2n) is 5.58. The molecular formula is C18H12N6O3. The van der Waals surface area contributed by atoms with Crippen LogP contribution < -0.4 is 5.32 Å². The molecule has 4 aromatic rings.